The quantitative estimate of drug-likeness (QED) is 0.709. The molecule has 0 bridgehead atoms. The first-order chi connectivity index (χ1) is 13.1. The number of carbonyl (C=O) groups is 1. The van der Waals surface area contributed by atoms with E-state index in [9.17, 15) is 13.2 Å². The van der Waals surface area contributed by atoms with E-state index in [0.717, 1.165) is 24.8 Å². The molecule has 0 spiro atoms. The van der Waals surface area contributed by atoms with E-state index < -0.39 is 15.4 Å². The number of sulfone groups is 1. The van der Waals surface area contributed by atoms with E-state index in [1.165, 1.54) is 11.8 Å². The van der Waals surface area contributed by atoms with E-state index in [0.29, 0.717) is 16.9 Å². The number of rotatable bonds is 6. The van der Waals surface area contributed by atoms with Crippen LogP contribution in [0.5, 0.6) is 0 Å². The lowest BCUT2D eigenvalue weighted by Gasteiger charge is -2.17. The molecule has 0 aromatic heterocycles. The summed E-state index contributed by atoms with van der Waals surface area (Å²) in [5, 5.41) is 0. The molecule has 1 heterocycles. The summed E-state index contributed by atoms with van der Waals surface area (Å²) in [4.78, 5) is 13.3. The van der Waals surface area contributed by atoms with Gasteiger partial charge in [0.2, 0.25) is 5.78 Å². The van der Waals surface area contributed by atoms with E-state index in [1.54, 1.807) is 38.1 Å². The third-order valence-corrected chi connectivity index (χ3v) is 6.09. The van der Waals surface area contributed by atoms with Gasteiger partial charge in [0.05, 0.1) is 10.5 Å². The Morgan fingerprint density at radius 3 is 2.04 bits per heavy atom. The minimum atomic E-state index is -3.28. The first kappa shape index (κ1) is 20.3. The van der Waals surface area contributed by atoms with E-state index in [2.05, 4.69) is 19.1 Å². The van der Waals surface area contributed by atoms with E-state index >= 15 is 0 Å². The lowest BCUT2D eigenvalue weighted by molar-refractivity contribution is -0.125. The Morgan fingerprint density at radius 2 is 1.50 bits per heavy atom. The number of hydrogen-bond donors (Lipinski definition) is 0. The molecule has 2 aromatic carbocycles. The fourth-order valence-corrected chi connectivity index (χ4v) is 3.93. The van der Waals surface area contributed by atoms with Crippen LogP contribution in [0.15, 0.2) is 53.4 Å². The maximum Gasteiger partial charge on any atom is 0.210 e. The lowest BCUT2D eigenvalue weighted by Crippen LogP contribution is -2.29. The third kappa shape index (κ3) is 4.04. The van der Waals surface area contributed by atoms with E-state index in [1.807, 2.05) is 12.1 Å². The number of hydrogen-bond acceptors (Lipinski definition) is 4. The highest BCUT2D eigenvalue weighted by Gasteiger charge is 2.42. The minimum absolute atomic E-state index is 0.0732. The monoisotopic (exact) mass is 398 g/mol. The van der Waals surface area contributed by atoms with Crippen LogP contribution in [-0.2, 0) is 25.8 Å². The SMILES string of the molecule is CCCCc1ccc(C2=C(c3ccc(S(C)(=O)=O)cc3)OC(C)(C)C2=O)cc1. The molecule has 5 heteroatoms. The Labute approximate surface area is 167 Å². The Kier molecular flexibility index (Phi) is 5.48. The number of benzene rings is 2. The molecule has 148 valence electrons. The first-order valence-electron chi connectivity index (χ1n) is 9.51. The van der Waals surface area contributed by atoms with Crippen molar-refractivity contribution in [3.8, 4) is 0 Å². The summed E-state index contributed by atoms with van der Waals surface area (Å²) >= 11 is 0. The van der Waals surface area contributed by atoms with Crippen LogP contribution in [-0.4, -0.2) is 26.1 Å². The summed E-state index contributed by atoms with van der Waals surface area (Å²) in [7, 11) is -3.28. The summed E-state index contributed by atoms with van der Waals surface area (Å²) in [5.74, 6) is 0.423. The zero-order chi connectivity index (χ0) is 20.5. The molecular weight excluding hydrogens is 372 g/mol. The molecule has 0 fully saturated rings. The highest BCUT2D eigenvalue weighted by atomic mass is 32.2. The first-order valence-corrected chi connectivity index (χ1v) is 11.4. The van der Waals surface area contributed by atoms with Crippen molar-refractivity contribution in [2.45, 2.75) is 50.5 Å². The van der Waals surface area contributed by atoms with Crippen molar-refractivity contribution in [2.24, 2.45) is 0 Å². The average molecular weight is 399 g/mol. The molecule has 0 unspecified atom stereocenters. The van der Waals surface area contributed by atoms with Gasteiger partial charge in [0.1, 0.15) is 5.76 Å². The van der Waals surface area contributed by atoms with Crippen molar-refractivity contribution in [3.63, 3.8) is 0 Å². The molecule has 0 saturated carbocycles. The van der Waals surface area contributed by atoms with Crippen molar-refractivity contribution < 1.29 is 17.9 Å². The second-order valence-electron chi connectivity index (χ2n) is 7.74. The van der Waals surface area contributed by atoms with Crippen molar-refractivity contribution in [1.82, 2.24) is 0 Å². The maximum atomic E-state index is 13.0. The largest absolute Gasteiger partial charge is 0.478 e. The second-order valence-corrected chi connectivity index (χ2v) is 9.76. The summed E-state index contributed by atoms with van der Waals surface area (Å²) < 4.78 is 29.4. The Balaban J connectivity index is 2.04. The molecule has 2 aromatic rings. The van der Waals surface area contributed by atoms with Gasteiger partial charge in [0.25, 0.3) is 0 Å². The van der Waals surface area contributed by atoms with Gasteiger partial charge < -0.3 is 4.74 Å². The number of aryl methyl sites for hydroxylation is 1. The minimum Gasteiger partial charge on any atom is -0.478 e. The Bertz CT molecular complexity index is 1010. The predicted molar refractivity (Wildman–Crippen MR) is 112 cm³/mol. The van der Waals surface area contributed by atoms with Gasteiger partial charge in [-0.3, -0.25) is 4.79 Å². The van der Waals surface area contributed by atoms with Crippen LogP contribution in [0.4, 0.5) is 0 Å². The molecule has 3 rings (SSSR count). The van der Waals surface area contributed by atoms with Gasteiger partial charge in [-0.05, 0) is 62.1 Å². The summed E-state index contributed by atoms with van der Waals surface area (Å²) in [5.41, 5.74) is 2.34. The van der Waals surface area contributed by atoms with Gasteiger partial charge in [-0.1, -0.05) is 37.6 Å². The Hall–Kier alpha value is -2.40. The van der Waals surface area contributed by atoms with Crippen LogP contribution < -0.4 is 0 Å². The normalized spacial score (nSPS) is 16.4. The van der Waals surface area contributed by atoms with Crippen LogP contribution in [0.1, 0.15) is 50.3 Å². The number of Topliss-reactive ketones (excluding diaryl/α,β-unsaturated/α-hetero) is 1. The predicted octanol–water partition coefficient (Wildman–Crippen LogP) is 4.68. The molecule has 4 nitrogen and oxygen atoms in total. The average Bonchev–Trinajstić information content (AvgIpc) is 2.89. The zero-order valence-electron chi connectivity index (χ0n) is 16.8. The number of ketones is 1. The Morgan fingerprint density at radius 1 is 0.929 bits per heavy atom. The second kappa shape index (κ2) is 7.55. The van der Waals surface area contributed by atoms with Crippen molar-refractivity contribution in [1.29, 1.82) is 0 Å². The molecule has 0 aliphatic carbocycles. The van der Waals surface area contributed by atoms with E-state index in [-0.39, 0.29) is 10.7 Å². The molecule has 1 aliphatic rings. The van der Waals surface area contributed by atoms with Gasteiger partial charge in [0, 0.05) is 11.8 Å². The van der Waals surface area contributed by atoms with Crippen molar-refractivity contribution in [3.05, 3.63) is 65.2 Å². The summed E-state index contributed by atoms with van der Waals surface area (Å²) in [6.07, 6.45) is 4.47. The highest BCUT2D eigenvalue weighted by Crippen LogP contribution is 2.41. The van der Waals surface area contributed by atoms with Crippen LogP contribution in [0.25, 0.3) is 11.3 Å². The van der Waals surface area contributed by atoms with Crippen molar-refractivity contribution >= 4 is 27.0 Å². The van der Waals surface area contributed by atoms with E-state index in [4.69, 9.17) is 4.74 Å². The molecule has 0 amide bonds. The van der Waals surface area contributed by atoms with Crippen LogP contribution in [0.3, 0.4) is 0 Å². The lowest BCUT2D eigenvalue weighted by atomic mass is 9.92. The molecule has 0 saturated heterocycles. The molecule has 0 atom stereocenters. The standard InChI is InChI=1S/C23H26O4S/c1-5-6-7-16-8-10-17(11-9-16)20-21(27-23(2,3)22(20)24)18-12-14-19(15-13-18)28(4,25)26/h8-15H,5-7H2,1-4H3. The van der Waals surface area contributed by atoms with Gasteiger partial charge in [-0.15, -0.1) is 0 Å². The van der Waals surface area contributed by atoms with Gasteiger partial charge >= 0.3 is 0 Å². The highest BCUT2D eigenvalue weighted by molar-refractivity contribution is 7.90. The number of carbonyl (C=O) groups excluding carboxylic acids is 1. The summed E-state index contributed by atoms with van der Waals surface area (Å²) in [6, 6.07) is 14.5. The number of ether oxygens (including phenoxy) is 1. The smallest absolute Gasteiger partial charge is 0.210 e. The van der Waals surface area contributed by atoms with Gasteiger partial charge in [0.15, 0.2) is 15.4 Å². The topological polar surface area (TPSA) is 60.4 Å². The van der Waals surface area contributed by atoms with Gasteiger partial charge in [-0.25, -0.2) is 8.42 Å². The zero-order valence-corrected chi connectivity index (χ0v) is 17.6. The molecule has 28 heavy (non-hydrogen) atoms. The fraction of sp³-hybridized carbons (Fsp3) is 0.348. The fourth-order valence-electron chi connectivity index (χ4n) is 3.29. The molecule has 1 aliphatic heterocycles. The molecular formula is C23H26O4S. The molecule has 0 radical (unpaired) electrons. The van der Waals surface area contributed by atoms with Crippen LogP contribution in [0, 0.1) is 0 Å². The third-order valence-electron chi connectivity index (χ3n) is 4.96. The molecule has 0 N–H and O–H groups in total. The van der Waals surface area contributed by atoms with Crippen LogP contribution in [0.2, 0.25) is 0 Å². The van der Waals surface area contributed by atoms with Crippen molar-refractivity contribution in [2.75, 3.05) is 6.26 Å². The summed E-state index contributed by atoms with van der Waals surface area (Å²) in [6.45, 7) is 5.67. The maximum absolute atomic E-state index is 13.0. The number of unbranched alkanes of at least 4 members (excludes halogenated alkanes) is 1. The van der Waals surface area contributed by atoms with Gasteiger partial charge in [-0.2, -0.15) is 0 Å². The van der Waals surface area contributed by atoms with Crippen LogP contribution >= 0.6 is 0 Å².